The van der Waals surface area contributed by atoms with Crippen LogP contribution >= 0.6 is 0 Å². The minimum absolute atomic E-state index is 0.284. The molecule has 2 heteroatoms. The average molecular weight is 276 g/mol. The molecule has 0 spiro atoms. The molecule has 0 saturated carbocycles. The van der Waals surface area contributed by atoms with Gasteiger partial charge in [0.15, 0.2) is 8.32 Å². The third-order valence-electron chi connectivity index (χ3n) is 4.10. The van der Waals surface area contributed by atoms with Gasteiger partial charge in [0, 0.05) is 0 Å². The van der Waals surface area contributed by atoms with Crippen molar-refractivity contribution in [3.05, 3.63) is 48.0 Å². The standard InChI is InChI=1S/C17H28OSi/c1-15(16-12-8-7-9-13-16)11-10-14-18-19(5,6)17(2,3)4/h7-13,15H,14H2,1-6H3/b11-10-. The van der Waals surface area contributed by atoms with Crippen LogP contribution in [0.5, 0.6) is 0 Å². The van der Waals surface area contributed by atoms with E-state index in [4.69, 9.17) is 4.43 Å². The zero-order chi connectivity index (χ0) is 14.5. The lowest BCUT2D eigenvalue weighted by Gasteiger charge is -2.35. The largest absolute Gasteiger partial charge is 0.413 e. The first-order chi connectivity index (χ1) is 8.74. The fraction of sp³-hybridized carbons (Fsp3) is 0.529. The van der Waals surface area contributed by atoms with Gasteiger partial charge >= 0.3 is 0 Å². The van der Waals surface area contributed by atoms with E-state index in [1.807, 2.05) is 0 Å². The summed E-state index contributed by atoms with van der Waals surface area (Å²) in [5, 5.41) is 0.284. The van der Waals surface area contributed by atoms with Crippen LogP contribution < -0.4 is 0 Å². The van der Waals surface area contributed by atoms with Crippen LogP contribution in [0.2, 0.25) is 18.1 Å². The molecule has 1 atom stereocenters. The lowest BCUT2D eigenvalue weighted by atomic mass is 10.0. The fourth-order valence-corrected chi connectivity index (χ4v) is 2.55. The maximum Gasteiger partial charge on any atom is 0.192 e. The van der Waals surface area contributed by atoms with Crippen molar-refractivity contribution in [1.29, 1.82) is 0 Å². The van der Waals surface area contributed by atoms with Gasteiger partial charge in [-0.25, -0.2) is 0 Å². The first-order valence-electron chi connectivity index (χ1n) is 7.09. The summed E-state index contributed by atoms with van der Waals surface area (Å²) in [7, 11) is -1.61. The second kappa shape index (κ2) is 6.53. The van der Waals surface area contributed by atoms with Gasteiger partial charge < -0.3 is 4.43 Å². The molecule has 1 aromatic rings. The van der Waals surface area contributed by atoms with Crippen molar-refractivity contribution in [3.8, 4) is 0 Å². The second-order valence-corrected chi connectivity index (χ2v) is 11.5. The molecule has 106 valence electrons. The van der Waals surface area contributed by atoms with Gasteiger partial charge in [0.2, 0.25) is 0 Å². The monoisotopic (exact) mass is 276 g/mol. The first-order valence-corrected chi connectivity index (χ1v) is 10.0. The van der Waals surface area contributed by atoms with Crippen LogP contribution in [-0.4, -0.2) is 14.9 Å². The van der Waals surface area contributed by atoms with Gasteiger partial charge in [0.25, 0.3) is 0 Å². The molecule has 1 unspecified atom stereocenters. The fourth-order valence-electron chi connectivity index (χ4n) is 1.60. The van der Waals surface area contributed by atoms with Gasteiger partial charge in [0.1, 0.15) is 0 Å². The van der Waals surface area contributed by atoms with Crippen molar-refractivity contribution < 1.29 is 4.43 Å². The number of hydrogen-bond acceptors (Lipinski definition) is 1. The molecular weight excluding hydrogens is 248 g/mol. The van der Waals surface area contributed by atoms with Crippen LogP contribution in [-0.2, 0) is 4.43 Å². The topological polar surface area (TPSA) is 9.23 Å². The highest BCUT2D eigenvalue weighted by Gasteiger charge is 2.36. The summed E-state index contributed by atoms with van der Waals surface area (Å²) in [6.45, 7) is 14.4. The van der Waals surface area contributed by atoms with E-state index in [-0.39, 0.29) is 5.04 Å². The molecule has 0 amide bonds. The highest BCUT2D eigenvalue weighted by molar-refractivity contribution is 6.74. The van der Waals surface area contributed by atoms with Gasteiger partial charge in [-0.15, -0.1) is 0 Å². The molecule has 1 aromatic carbocycles. The predicted molar refractivity (Wildman–Crippen MR) is 87.1 cm³/mol. The van der Waals surface area contributed by atoms with Crippen molar-refractivity contribution in [2.75, 3.05) is 6.61 Å². The summed E-state index contributed by atoms with van der Waals surface area (Å²) in [4.78, 5) is 0. The normalized spacial score (nSPS) is 14.8. The van der Waals surface area contributed by atoms with Gasteiger partial charge in [-0.05, 0) is 29.6 Å². The van der Waals surface area contributed by atoms with E-state index in [1.165, 1.54) is 5.56 Å². The number of allylic oxidation sites excluding steroid dienone is 1. The van der Waals surface area contributed by atoms with E-state index in [0.29, 0.717) is 5.92 Å². The van der Waals surface area contributed by atoms with Gasteiger partial charge in [-0.1, -0.05) is 70.2 Å². The number of hydrogen-bond donors (Lipinski definition) is 0. The molecule has 0 saturated heterocycles. The highest BCUT2D eigenvalue weighted by atomic mass is 28.4. The Morgan fingerprint density at radius 3 is 2.26 bits per heavy atom. The van der Waals surface area contributed by atoms with Crippen LogP contribution in [0, 0.1) is 0 Å². The summed E-state index contributed by atoms with van der Waals surface area (Å²) in [5.74, 6) is 0.448. The molecular formula is C17H28OSi. The third-order valence-corrected chi connectivity index (χ3v) is 8.60. The Bertz CT molecular complexity index is 401. The Hall–Kier alpha value is -0.863. The van der Waals surface area contributed by atoms with E-state index in [9.17, 15) is 0 Å². The minimum atomic E-state index is -1.61. The lowest BCUT2D eigenvalue weighted by Crippen LogP contribution is -2.40. The van der Waals surface area contributed by atoms with Gasteiger partial charge in [-0.2, -0.15) is 0 Å². The summed E-state index contributed by atoms with van der Waals surface area (Å²) >= 11 is 0. The lowest BCUT2D eigenvalue weighted by molar-refractivity contribution is 0.327. The molecule has 0 N–H and O–H groups in total. The molecule has 0 aliphatic rings. The van der Waals surface area contributed by atoms with E-state index < -0.39 is 8.32 Å². The first kappa shape index (κ1) is 16.2. The zero-order valence-corrected chi connectivity index (χ0v) is 14.2. The third kappa shape index (κ3) is 4.96. The predicted octanol–water partition coefficient (Wildman–Crippen LogP) is 5.37. The van der Waals surface area contributed by atoms with Crippen LogP contribution in [0.25, 0.3) is 0 Å². The van der Waals surface area contributed by atoms with E-state index in [0.717, 1.165) is 6.61 Å². The molecule has 0 aliphatic heterocycles. The van der Waals surface area contributed by atoms with Crippen LogP contribution in [0.1, 0.15) is 39.2 Å². The Morgan fingerprint density at radius 2 is 1.74 bits per heavy atom. The highest BCUT2D eigenvalue weighted by Crippen LogP contribution is 2.36. The van der Waals surface area contributed by atoms with Crippen LogP contribution in [0.4, 0.5) is 0 Å². The molecule has 0 aromatic heterocycles. The zero-order valence-electron chi connectivity index (χ0n) is 13.2. The van der Waals surface area contributed by atoms with E-state index in [2.05, 4.69) is 83.3 Å². The summed E-state index contributed by atoms with van der Waals surface area (Å²) in [5.41, 5.74) is 1.35. The van der Waals surface area contributed by atoms with Crippen molar-refractivity contribution in [3.63, 3.8) is 0 Å². The smallest absolute Gasteiger partial charge is 0.192 e. The maximum atomic E-state index is 6.13. The molecule has 19 heavy (non-hydrogen) atoms. The summed E-state index contributed by atoms with van der Waals surface area (Å²) in [6, 6.07) is 10.6. The molecule has 0 heterocycles. The SMILES string of the molecule is CC(/C=C\CO[Si](C)(C)C(C)(C)C)c1ccccc1. The Balaban J connectivity index is 2.48. The molecule has 0 bridgehead atoms. The van der Waals surface area contributed by atoms with Gasteiger partial charge in [-0.3, -0.25) is 0 Å². The summed E-state index contributed by atoms with van der Waals surface area (Å²) < 4.78 is 6.13. The van der Waals surface area contributed by atoms with Gasteiger partial charge in [0.05, 0.1) is 6.61 Å². The molecule has 1 rings (SSSR count). The molecule has 0 radical (unpaired) electrons. The van der Waals surface area contributed by atoms with Crippen LogP contribution in [0.3, 0.4) is 0 Å². The maximum absolute atomic E-state index is 6.13. The van der Waals surface area contributed by atoms with Crippen molar-refractivity contribution in [2.45, 2.75) is 51.7 Å². The second-order valence-electron chi connectivity index (χ2n) is 6.70. The average Bonchev–Trinajstić information content (AvgIpc) is 2.34. The van der Waals surface area contributed by atoms with Crippen molar-refractivity contribution in [2.24, 2.45) is 0 Å². The van der Waals surface area contributed by atoms with Crippen molar-refractivity contribution >= 4 is 8.32 Å². The van der Waals surface area contributed by atoms with Crippen LogP contribution in [0.15, 0.2) is 42.5 Å². The minimum Gasteiger partial charge on any atom is -0.413 e. The quantitative estimate of drug-likeness (QED) is 0.519. The van der Waals surface area contributed by atoms with E-state index in [1.54, 1.807) is 0 Å². The van der Waals surface area contributed by atoms with E-state index >= 15 is 0 Å². The Labute approximate surface area is 119 Å². The number of rotatable bonds is 5. The Kier molecular flexibility index (Phi) is 5.57. The molecule has 0 aliphatic carbocycles. The summed E-state index contributed by atoms with van der Waals surface area (Å²) in [6.07, 6.45) is 4.40. The van der Waals surface area contributed by atoms with Crippen molar-refractivity contribution in [1.82, 2.24) is 0 Å². The number of benzene rings is 1. The molecule has 1 nitrogen and oxygen atoms in total. The molecule has 0 fully saturated rings. The Morgan fingerprint density at radius 1 is 1.16 bits per heavy atom.